The van der Waals surface area contributed by atoms with Crippen LogP contribution < -0.4 is 4.74 Å². The van der Waals surface area contributed by atoms with Crippen molar-refractivity contribution in [3.63, 3.8) is 0 Å². The molecule has 2 aromatic rings. The number of hydrogen-bond donors (Lipinski definition) is 0. The van der Waals surface area contributed by atoms with E-state index in [4.69, 9.17) is 16.3 Å². The Morgan fingerprint density at radius 1 is 1.15 bits per heavy atom. The van der Waals surface area contributed by atoms with Crippen LogP contribution in [0.4, 0.5) is 0 Å². The Morgan fingerprint density at radius 2 is 1.90 bits per heavy atom. The van der Waals surface area contributed by atoms with E-state index in [1.54, 1.807) is 0 Å². The van der Waals surface area contributed by atoms with Crippen molar-refractivity contribution in [1.82, 2.24) is 0 Å². The molecule has 0 aromatic heterocycles. The number of rotatable bonds is 4. The summed E-state index contributed by atoms with van der Waals surface area (Å²) < 4.78 is 7.47. The van der Waals surface area contributed by atoms with Crippen LogP contribution in [0.25, 0.3) is 0 Å². The topological polar surface area (TPSA) is 9.23 Å². The second-order valence-corrected chi connectivity index (χ2v) is 7.24. The zero-order valence-corrected chi connectivity index (χ0v) is 16.2. The number of alkyl halides is 1. The van der Waals surface area contributed by atoms with E-state index in [0.29, 0.717) is 6.61 Å². The number of benzene rings is 2. The summed E-state index contributed by atoms with van der Waals surface area (Å²) in [4.78, 5) is 0.0273. The van der Waals surface area contributed by atoms with Crippen molar-refractivity contribution in [2.45, 2.75) is 11.8 Å². The van der Waals surface area contributed by atoms with Gasteiger partial charge < -0.3 is 4.74 Å². The molecule has 0 aliphatic rings. The Bertz CT molecular complexity index is 616. The van der Waals surface area contributed by atoms with Gasteiger partial charge >= 0.3 is 0 Å². The van der Waals surface area contributed by atoms with Crippen molar-refractivity contribution in [2.24, 2.45) is 0 Å². The summed E-state index contributed by atoms with van der Waals surface area (Å²) in [5, 5.41) is 0.736. The fourth-order valence-electron chi connectivity index (χ4n) is 1.84. The molecule has 0 amide bonds. The lowest BCUT2D eigenvalue weighted by Gasteiger charge is -2.15. The van der Waals surface area contributed by atoms with E-state index in [1.807, 2.05) is 43.3 Å². The van der Waals surface area contributed by atoms with Crippen LogP contribution in [0.15, 0.2) is 45.3 Å². The van der Waals surface area contributed by atoms with Gasteiger partial charge in [-0.25, -0.2) is 0 Å². The molecule has 0 fully saturated rings. The minimum atomic E-state index is 0.0273. The summed E-state index contributed by atoms with van der Waals surface area (Å²) in [6.07, 6.45) is 0. The van der Waals surface area contributed by atoms with Gasteiger partial charge in [-0.2, -0.15) is 0 Å². The number of halogens is 4. The fraction of sp³-hybridized carbons (Fsp3) is 0.200. The normalized spacial score (nSPS) is 12.2. The SMILES string of the molecule is CCOc1ccc(C(Br)c2cc(Br)ccc2Cl)cc1Br. The van der Waals surface area contributed by atoms with Crippen LogP contribution in [0.1, 0.15) is 22.9 Å². The summed E-state index contributed by atoms with van der Waals surface area (Å²) in [6, 6.07) is 11.9. The first-order valence-corrected chi connectivity index (χ1v) is 8.92. The third kappa shape index (κ3) is 3.79. The van der Waals surface area contributed by atoms with Crippen molar-refractivity contribution in [3.05, 3.63) is 61.5 Å². The maximum absolute atomic E-state index is 6.27. The van der Waals surface area contributed by atoms with E-state index in [0.717, 1.165) is 30.8 Å². The second-order valence-electron chi connectivity index (χ2n) is 4.15. The summed E-state index contributed by atoms with van der Waals surface area (Å²) in [6.45, 7) is 2.61. The molecule has 0 N–H and O–H groups in total. The largest absolute Gasteiger partial charge is 0.493 e. The molecule has 106 valence electrons. The van der Waals surface area contributed by atoms with Gasteiger partial charge in [-0.1, -0.05) is 49.5 Å². The van der Waals surface area contributed by atoms with E-state index < -0.39 is 0 Å². The van der Waals surface area contributed by atoms with Crippen LogP contribution in [0.3, 0.4) is 0 Å². The second kappa shape index (κ2) is 7.30. The van der Waals surface area contributed by atoms with E-state index in [1.165, 1.54) is 0 Å². The van der Waals surface area contributed by atoms with E-state index in [-0.39, 0.29) is 4.83 Å². The monoisotopic (exact) mass is 480 g/mol. The summed E-state index contributed by atoms with van der Waals surface area (Å²) in [5.74, 6) is 0.844. The number of ether oxygens (including phenoxy) is 1. The third-order valence-corrected chi connectivity index (χ3v) is 5.26. The molecular weight excluding hydrogens is 471 g/mol. The minimum absolute atomic E-state index is 0.0273. The van der Waals surface area contributed by atoms with Gasteiger partial charge in [-0.3, -0.25) is 0 Å². The van der Waals surface area contributed by atoms with Crippen LogP contribution >= 0.6 is 59.4 Å². The zero-order valence-electron chi connectivity index (χ0n) is 10.7. The van der Waals surface area contributed by atoms with E-state index >= 15 is 0 Å². The molecule has 1 nitrogen and oxygen atoms in total. The Labute approximate surface area is 149 Å². The maximum atomic E-state index is 6.27. The quantitative estimate of drug-likeness (QED) is 0.438. The van der Waals surface area contributed by atoms with Crippen molar-refractivity contribution in [3.8, 4) is 5.75 Å². The molecule has 1 unspecified atom stereocenters. The first kappa shape index (κ1) is 16.3. The molecule has 0 heterocycles. The lowest BCUT2D eigenvalue weighted by Crippen LogP contribution is -1.97. The highest BCUT2D eigenvalue weighted by atomic mass is 79.9. The predicted octanol–water partition coefficient (Wildman–Crippen LogP) is 6.75. The molecule has 0 spiro atoms. The van der Waals surface area contributed by atoms with Gasteiger partial charge in [0, 0.05) is 9.50 Å². The predicted molar refractivity (Wildman–Crippen MR) is 95.2 cm³/mol. The Kier molecular flexibility index (Phi) is 5.96. The molecule has 5 heteroatoms. The van der Waals surface area contributed by atoms with Gasteiger partial charge in [-0.05, 0) is 64.3 Å². The van der Waals surface area contributed by atoms with Crippen molar-refractivity contribution in [1.29, 1.82) is 0 Å². The first-order chi connectivity index (χ1) is 9.52. The van der Waals surface area contributed by atoms with Crippen molar-refractivity contribution in [2.75, 3.05) is 6.61 Å². The van der Waals surface area contributed by atoms with Gasteiger partial charge in [0.25, 0.3) is 0 Å². The van der Waals surface area contributed by atoms with Gasteiger partial charge in [0.05, 0.1) is 15.9 Å². The van der Waals surface area contributed by atoms with Crippen LogP contribution in [0.5, 0.6) is 5.75 Å². The van der Waals surface area contributed by atoms with Gasteiger partial charge in [-0.15, -0.1) is 0 Å². The van der Waals surface area contributed by atoms with Gasteiger partial charge in [0.1, 0.15) is 5.75 Å². The highest BCUT2D eigenvalue weighted by molar-refractivity contribution is 9.11. The van der Waals surface area contributed by atoms with Gasteiger partial charge in [0.2, 0.25) is 0 Å². The standard InChI is InChI=1S/C15H12Br3ClO/c1-2-20-14-6-3-9(7-12(14)17)15(18)11-8-10(16)4-5-13(11)19/h3-8,15H,2H2,1H3. The van der Waals surface area contributed by atoms with E-state index in [2.05, 4.69) is 47.8 Å². The highest BCUT2D eigenvalue weighted by Gasteiger charge is 2.15. The van der Waals surface area contributed by atoms with Crippen LogP contribution in [0, 0.1) is 0 Å². The molecule has 2 rings (SSSR count). The van der Waals surface area contributed by atoms with Crippen molar-refractivity contribution < 1.29 is 4.74 Å². The lowest BCUT2D eigenvalue weighted by molar-refractivity contribution is 0.338. The highest BCUT2D eigenvalue weighted by Crippen LogP contribution is 2.39. The Morgan fingerprint density at radius 3 is 2.55 bits per heavy atom. The lowest BCUT2D eigenvalue weighted by atomic mass is 10.0. The fourth-order valence-corrected chi connectivity index (χ4v) is 3.75. The molecule has 20 heavy (non-hydrogen) atoms. The zero-order chi connectivity index (χ0) is 14.7. The average molecular weight is 483 g/mol. The molecule has 0 saturated carbocycles. The molecule has 1 atom stereocenters. The molecule has 0 radical (unpaired) electrons. The molecule has 0 bridgehead atoms. The number of hydrogen-bond acceptors (Lipinski definition) is 1. The third-order valence-electron chi connectivity index (χ3n) is 2.78. The minimum Gasteiger partial charge on any atom is -0.493 e. The van der Waals surface area contributed by atoms with Crippen molar-refractivity contribution >= 4 is 59.4 Å². The maximum Gasteiger partial charge on any atom is 0.133 e. The Hall–Kier alpha value is -0.0300. The molecule has 0 aliphatic carbocycles. The molecule has 0 saturated heterocycles. The van der Waals surface area contributed by atoms with Crippen LogP contribution in [0.2, 0.25) is 5.02 Å². The average Bonchev–Trinajstić information content (AvgIpc) is 2.43. The van der Waals surface area contributed by atoms with Crippen LogP contribution in [-0.2, 0) is 0 Å². The smallest absolute Gasteiger partial charge is 0.133 e. The van der Waals surface area contributed by atoms with E-state index in [9.17, 15) is 0 Å². The molecule has 0 aliphatic heterocycles. The molecule has 2 aromatic carbocycles. The summed E-state index contributed by atoms with van der Waals surface area (Å²) in [5.41, 5.74) is 2.14. The first-order valence-electron chi connectivity index (χ1n) is 6.04. The Balaban J connectivity index is 2.35. The summed E-state index contributed by atoms with van der Waals surface area (Å²) >= 11 is 17.0. The van der Waals surface area contributed by atoms with Crippen LogP contribution in [-0.4, -0.2) is 6.61 Å². The molecular formula is C15H12Br3ClO. The van der Waals surface area contributed by atoms with Gasteiger partial charge in [0.15, 0.2) is 0 Å². The summed E-state index contributed by atoms with van der Waals surface area (Å²) in [7, 11) is 0.